The standard InChI is InChI=1S/C9H18O2.C4H6O2/c1-5-7-11-8(10)9(3,4)6-2;5-4-2-1-3-6-4/h5-7H2,1-4H3;1-3H2. The average molecular weight is 244 g/mol. The van der Waals surface area contributed by atoms with E-state index in [1.54, 1.807) is 0 Å². The van der Waals surface area contributed by atoms with Gasteiger partial charge in [0.2, 0.25) is 0 Å². The topological polar surface area (TPSA) is 52.6 Å². The van der Waals surface area contributed by atoms with E-state index in [9.17, 15) is 9.59 Å². The predicted molar refractivity (Wildman–Crippen MR) is 65.5 cm³/mol. The van der Waals surface area contributed by atoms with Crippen LogP contribution in [0.1, 0.15) is 53.4 Å². The Morgan fingerprint density at radius 2 is 2.06 bits per heavy atom. The molecule has 0 radical (unpaired) electrons. The molecule has 1 aliphatic heterocycles. The summed E-state index contributed by atoms with van der Waals surface area (Å²) < 4.78 is 9.52. The van der Waals surface area contributed by atoms with Crippen LogP contribution in [0.4, 0.5) is 0 Å². The van der Waals surface area contributed by atoms with Crippen molar-refractivity contribution < 1.29 is 19.1 Å². The summed E-state index contributed by atoms with van der Waals surface area (Å²) in [5.74, 6) is -0.128. The van der Waals surface area contributed by atoms with Gasteiger partial charge in [0, 0.05) is 6.42 Å². The molecule has 0 aromatic heterocycles. The maximum Gasteiger partial charge on any atom is 0.311 e. The molecule has 1 rings (SSSR count). The lowest BCUT2D eigenvalue weighted by atomic mass is 9.91. The number of rotatable bonds is 4. The lowest BCUT2D eigenvalue weighted by Gasteiger charge is -2.19. The van der Waals surface area contributed by atoms with Crippen molar-refractivity contribution in [1.82, 2.24) is 0 Å². The molecular weight excluding hydrogens is 220 g/mol. The first-order valence-electron chi connectivity index (χ1n) is 6.27. The number of esters is 2. The quantitative estimate of drug-likeness (QED) is 0.713. The molecule has 4 heteroatoms. The van der Waals surface area contributed by atoms with Crippen LogP contribution in [0.2, 0.25) is 0 Å². The zero-order chi connectivity index (χ0) is 13.3. The highest BCUT2D eigenvalue weighted by Crippen LogP contribution is 2.21. The highest BCUT2D eigenvalue weighted by Gasteiger charge is 2.26. The van der Waals surface area contributed by atoms with Crippen LogP contribution in [0, 0.1) is 5.41 Å². The normalized spacial score (nSPS) is 14.7. The maximum absolute atomic E-state index is 11.2. The molecule has 0 unspecified atom stereocenters. The summed E-state index contributed by atoms with van der Waals surface area (Å²) in [6.07, 6.45) is 3.26. The molecule has 1 fully saturated rings. The van der Waals surface area contributed by atoms with Crippen molar-refractivity contribution in [3.05, 3.63) is 0 Å². The molecule has 0 atom stereocenters. The van der Waals surface area contributed by atoms with Crippen molar-refractivity contribution in [3.63, 3.8) is 0 Å². The van der Waals surface area contributed by atoms with Crippen molar-refractivity contribution in [2.75, 3.05) is 13.2 Å². The molecule has 0 spiro atoms. The predicted octanol–water partition coefficient (Wildman–Crippen LogP) is 2.70. The Morgan fingerprint density at radius 3 is 2.35 bits per heavy atom. The third kappa shape index (κ3) is 6.97. The van der Waals surface area contributed by atoms with Gasteiger partial charge < -0.3 is 9.47 Å². The van der Waals surface area contributed by atoms with Gasteiger partial charge in [0.25, 0.3) is 0 Å². The molecule has 0 amide bonds. The summed E-state index contributed by atoms with van der Waals surface area (Å²) >= 11 is 0. The SMILES string of the molecule is CCCOC(=O)C(C)(C)CC.O=C1CCCO1. The van der Waals surface area contributed by atoms with Crippen LogP contribution in [-0.4, -0.2) is 25.2 Å². The maximum atomic E-state index is 11.2. The van der Waals surface area contributed by atoms with E-state index in [-0.39, 0.29) is 17.4 Å². The molecule has 17 heavy (non-hydrogen) atoms. The Labute approximate surface area is 104 Å². The van der Waals surface area contributed by atoms with E-state index in [4.69, 9.17) is 4.74 Å². The summed E-state index contributed by atoms with van der Waals surface area (Å²) in [6, 6.07) is 0. The molecule has 0 aromatic carbocycles. The van der Waals surface area contributed by atoms with Crippen LogP contribution < -0.4 is 0 Å². The molecule has 0 saturated carbocycles. The van der Waals surface area contributed by atoms with Crippen LogP contribution in [0.3, 0.4) is 0 Å². The van der Waals surface area contributed by atoms with Gasteiger partial charge in [-0.05, 0) is 33.1 Å². The molecule has 0 aromatic rings. The van der Waals surface area contributed by atoms with Crippen LogP contribution in [0.25, 0.3) is 0 Å². The molecular formula is C13H24O4. The van der Waals surface area contributed by atoms with Gasteiger partial charge in [0.05, 0.1) is 18.6 Å². The largest absolute Gasteiger partial charge is 0.466 e. The van der Waals surface area contributed by atoms with Crippen LogP contribution in [0.5, 0.6) is 0 Å². The number of carbonyl (C=O) groups is 2. The Bertz CT molecular complexity index is 238. The van der Waals surface area contributed by atoms with Gasteiger partial charge in [-0.3, -0.25) is 9.59 Å². The summed E-state index contributed by atoms with van der Waals surface area (Å²) in [5.41, 5.74) is -0.310. The molecule has 1 aliphatic rings. The van der Waals surface area contributed by atoms with Crippen molar-refractivity contribution >= 4 is 11.9 Å². The monoisotopic (exact) mass is 244 g/mol. The van der Waals surface area contributed by atoms with E-state index < -0.39 is 0 Å². The summed E-state index contributed by atoms with van der Waals surface area (Å²) in [6.45, 7) is 8.98. The second-order valence-corrected chi connectivity index (χ2v) is 4.70. The zero-order valence-electron chi connectivity index (χ0n) is 11.4. The number of hydrogen-bond acceptors (Lipinski definition) is 4. The van der Waals surface area contributed by atoms with Crippen LogP contribution in [0.15, 0.2) is 0 Å². The molecule has 1 saturated heterocycles. The molecule has 4 nitrogen and oxygen atoms in total. The summed E-state index contributed by atoms with van der Waals surface area (Å²) in [5, 5.41) is 0. The number of hydrogen-bond donors (Lipinski definition) is 0. The van der Waals surface area contributed by atoms with E-state index >= 15 is 0 Å². The van der Waals surface area contributed by atoms with Gasteiger partial charge in [0.1, 0.15) is 0 Å². The zero-order valence-corrected chi connectivity index (χ0v) is 11.4. The Kier molecular flexibility index (Phi) is 7.59. The van der Waals surface area contributed by atoms with Gasteiger partial charge >= 0.3 is 11.9 Å². The Hall–Kier alpha value is -1.06. The molecule has 0 aliphatic carbocycles. The van der Waals surface area contributed by atoms with Gasteiger partial charge in [-0.25, -0.2) is 0 Å². The highest BCUT2D eigenvalue weighted by molar-refractivity contribution is 5.75. The second-order valence-electron chi connectivity index (χ2n) is 4.70. The molecule has 1 heterocycles. The van der Waals surface area contributed by atoms with Crippen molar-refractivity contribution in [2.24, 2.45) is 5.41 Å². The van der Waals surface area contributed by atoms with Crippen molar-refractivity contribution in [1.29, 1.82) is 0 Å². The van der Waals surface area contributed by atoms with Crippen molar-refractivity contribution in [3.8, 4) is 0 Å². The number of cyclic esters (lactones) is 1. The minimum Gasteiger partial charge on any atom is -0.466 e. The third-order valence-electron chi connectivity index (χ3n) is 2.66. The smallest absolute Gasteiger partial charge is 0.311 e. The highest BCUT2D eigenvalue weighted by atomic mass is 16.5. The first kappa shape index (κ1) is 15.9. The summed E-state index contributed by atoms with van der Waals surface area (Å²) in [4.78, 5) is 21.3. The van der Waals surface area contributed by atoms with Gasteiger partial charge in [0.15, 0.2) is 0 Å². The summed E-state index contributed by atoms with van der Waals surface area (Å²) in [7, 11) is 0. The number of ether oxygens (including phenoxy) is 2. The van der Waals surface area contributed by atoms with Gasteiger partial charge in [-0.1, -0.05) is 13.8 Å². The van der Waals surface area contributed by atoms with Crippen LogP contribution >= 0.6 is 0 Å². The van der Waals surface area contributed by atoms with Crippen LogP contribution in [-0.2, 0) is 19.1 Å². The fraction of sp³-hybridized carbons (Fsp3) is 0.846. The molecule has 100 valence electrons. The molecule has 0 N–H and O–H groups in total. The minimum absolute atomic E-state index is 0.0463. The van der Waals surface area contributed by atoms with Crippen molar-refractivity contribution in [2.45, 2.75) is 53.4 Å². The van der Waals surface area contributed by atoms with Gasteiger partial charge in [-0.15, -0.1) is 0 Å². The fourth-order valence-electron chi connectivity index (χ4n) is 1.01. The van der Waals surface area contributed by atoms with E-state index in [2.05, 4.69) is 4.74 Å². The number of carbonyl (C=O) groups excluding carboxylic acids is 2. The first-order valence-corrected chi connectivity index (χ1v) is 6.27. The minimum atomic E-state index is -0.310. The van der Waals surface area contributed by atoms with E-state index in [1.807, 2.05) is 27.7 Å². The second kappa shape index (κ2) is 8.09. The van der Waals surface area contributed by atoms with E-state index in [0.717, 1.165) is 19.3 Å². The fourth-order valence-corrected chi connectivity index (χ4v) is 1.01. The van der Waals surface area contributed by atoms with E-state index in [0.29, 0.717) is 19.6 Å². The Morgan fingerprint density at radius 1 is 1.41 bits per heavy atom. The molecule has 0 bridgehead atoms. The first-order chi connectivity index (χ1) is 7.94. The van der Waals surface area contributed by atoms with Gasteiger partial charge in [-0.2, -0.15) is 0 Å². The van der Waals surface area contributed by atoms with E-state index in [1.165, 1.54) is 0 Å². The average Bonchev–Trinajstić information content (AvgIpc) is 2.77. The lowest BCUT2D eigenvalue weighted by Crippen LogP contribution is -2.25. The lowest BCUT2D eigenvalue weighted by molar-refractivity contribution is -0.154. The third-order valence-corrected chi connectivity index (χ3v) is 2.66. The Balaban J connectivity index is 0.000000354.